The van der Waals surface area contributed by atoms with Crippen molar-refractivity contribution in [2.24, 2.45) is 5.41 Å². The van der Waals surface area contributed by atoms with Crippen LogP contribution in [0.4, 0.5) is 0 Å². The standard InChI is InChI=1S/C12H26N2O/c1-4-13-11(9-15)5-7-14-8-6-12(2,3)10-14/h11,13,15H,4-10H2,1-3H3. The van der Waals surface area contributed by atoms with E-state index in [2.05, 4.69) is 31.0 Å². The average molecular weight is 214 g/mol. The van der Waals surface area contributed by atoms with Crippen LogP contribution in [0.2, 0.25) is 0 Å². The zero-order valence-electron chi connectivity index (χ0n) is 10.4. The van der Waals surface area contributed by atoms with E-state index >= 15 is 0 Å². The van der Waals surface area contributed by atoms with Crippen molar-refractivity contribution in [1.82, 2.24) is 10.2 Å². The molecular weight excluding hydrogens is 188 g/mol. The second-order valence-corrected chi connectivity index (χ2v) is 5.42. The molecule has 3 nitrogen and oxygen atoms in total. The Balaban J connectivity index is 2.19. The number of nitrogens with one attached hydrogen (secondary N) is 1. The molecule has 1 atom stereocenters. The Bertz CT molecular complexity index is 182. The molecule has 0 amide bonds. The molecule has 0 aromatic heterocycles. The number of likely N-dealkylation sites (tertiary alicyclic amines) is 1. The summed E-state index contributed by atoms with van der Waals surface area (Å²) in [6.45, 7) is 11.5. The summed E-state index contributed by atoms with van der Waals surface area (Å²) in [7, 11) is 0. The third-order valence-corrected chi connectivity index (χ3v) is 3.26. The second kappa shape index (κ2) is 5.83. The number of nitrogens with zero attached hydrogens (tertiary/aromatic N) is 1. The molecule has 1 saturated heterocycles. The first-order valence-electron chi connectivity index (χ1n) is 6.14. The highest BCUT2D eigenvalue weighted by Gasteiger charge is 2.28. The van der Waals surface area contributed by atoms with Gasteiger partial charge in [-0.3, -0.25) is 0 Å². The van der Waals surface area contributed by atoms with Crippen molar-refractivity contribution < 1.29 is 5.11 Å². The van der Waals surface area contributed by atoms with Crippen molar-refractivity contribution in [2.45, 2.75) is 39.7 Å². The van der Waals surface area contributed by atoms with E-state index in [-0.39, 0.29) is 12.6 Å². The van der Waals surface area contributed by atoms with Crippen LogP contribution in [0.3, 0.4) is 0 Å². The Kier molecular flexibility index (Phi) is 5.03. The Morgan fingerprint density at radius 3 is 2.67 bits per heavy atom. The first-order valence-corrected chi connectivity index (χ1v) is 6.14. The topological polar surface area (TPSA) is 35.5 Å². The van der Waals surface area contributed by atoms with Gasteiger partial charge in [-0.1, -0.05) is 20.8 Å². The SMILES string of the molecule is CCNC(CO)CCN1CCC(C)(C)C1. The molecule has 90 valence electrons. The van der Waals surface area contributed by atoms with E-state index in [4.69, 9.17) is 5.11 Å². The molecular formula is C12H26N2O. The lowest BCUT2D eigenvalue weighted by Crippen LogP contribution is -2.36. The van der Waals surface area contributed by atoms with Gasteiger partial charge < -0.3 is 15.3 Å². The molecule has 15 heavy (non-hydrogen) atoms. The van der Waals surface area contributed by atoms with Crippen LogP contribution in [0, 0.1) is 5.41 Å². The van der Waals surface area contributed by atoms with Crippen molar-refractivity contribution in [3.63, 3.8) is 0 Å². The fourth-order valence-corrected chi connectivity index (χ4v) is 2.30. The summed E-state index contributed by atoms with van der Waals surface area (Å²) >= 11 is 0. The van der Waals surface area contributed by atoms with Gasteiger partial charge in [-0.2, -0.15) is 0 Å². The van der Waals surface area contributed by atoms with Crippen molar-refractivity contribution in [3.8, 4) is 0 Å². The van der Waals surface area contributed by atoms with Crippen LogP contribution in [0.25, 0.3) is 0 Å². The van der Waals surface area contributed by atoms with Crippen molar-refractivity contribution >= 4 is 0 Å². The van der Waals surface area contributed by atoms with Crippen LogP contribution in [0.5, 0.6) is 0 Å². The second-order valence-electron chi connectivity index (χ2n) is 5.42. The Labute approximate surface area is 93.9 Å². The van der Waals surface area contributed by atoms with Crippen LogP contribution in [-0.2, 0) is 0 Å². The van der Waals surface area contributed by atoms with Crippen LogP contribution in [-0.4, -0.2) is 48.8 Å². The predicted octanol–water partition coefficient (Wildman–Crippen LogP) is 1.08. The molecule has 3 heteroatoms. The van der Waals surface area contributed by atoms with E-state index in [1.807, 2.05) is 0 Å². The smallest absolute Gasteiger partial charge is 0.0585 e. The summed E-state index contributed by atoms with van der Waals surface area (Å²) in [5.74, 6) is 0. The molecule has 1 unspecified atom stereocenters. The van der Waals surface area contributed by atoms with Gasteiger partial charge in [0.25, 0.3) is 0 Å². The minimum absolute atomic E-state index is 0.255. The molecule has 1 aliphatic heterocycles. The highest BCUT2D eigenvalue weighted by molar-refractivity contribution is 4.83. The van der Waals surface area contributed by atoms with Crippen molar-refractivity contribution in [3.05, 3.63) is 0 Å². The maximum absolute atomic E-state index is 9.15. The fourth-order valence-electron chi connectivity index (χ4n) is 2.30. The molecule has 0 bridgehead atoms. The maximum Gasteiger partial charge on any atom is 0.0585 e. The number of hydrogen-bond donors (Lipinski definition) is 2. The highest BCUT2D eigenvalue weighted by atomic mass is 16.3. The number of aliphatic hydroxyl groups excluding tert-OH is 1. The molecule has 0 aromatic carbocycles. The number of rotatable bonds is 6. The third kappa shape index (κ3) is 4.49. The van der Waals surface area contributed by atoms with Crippen LogP contribution in [0.15, 0.2) is 0 Å². The molecule has 0 saturated carbocycles. The average Bonchev–Trinajstić information content (AvgIpc) is 2.53. The summed E-state index contributed by atoms with van der Waals surface area (Å²) in [6, 6.07) is 0.277. The lowest BCUT2D eigenvalue weighted by molar-refractivity contribution is 0.213. The van der Waals surface area contributed by atoms with Gasteiger partial charge in [-0.05, 0) is 37.9 Å². The summed E-state index contributed by atoms with van der Waals surface area (Å²) < 4.78 is 0. The Hall–Kier alpha value is -0.120. The lowest BCUT2D eigenvalue weighted by atomic mass is 9.93. The van der Waals surface area contributed by atoms with Gasteiger partial charge in [0.15, 0.2) is 0 Å². The van der Waals surface area contributed by atoms with Gasteiger partial charge in [0.1, 0.15) is 0 Å². The molecule has 2 N–H and O–H groups in total. The normalized spacial score (nSPS) is 23.2. The molecule has 1 heterocycles. The van der Waals surface area contributed by atoms with Gasteiger partial charge in [0, 0.05) is 12.6 Å². The van der Waals surface area contributed by atoms with E-state index in [1.165, 1.54) is 19.5 Å². The molecule has 0 aliphatic carbocycles. The van der Waals surface area contributed by atoms with E-state index in [0.29, 0.717) is 5.41 Å². The molecule has 1 fully saturated rings. The van der Waals surface area contributed by atoms with Crippen molar-refractivity contribution in [2.75, 3.05) is 32.8 Å². The lowest BCUT2D eigenvalue weighted by Gasteiger charge is -2.22. The molecule has 1 rings (SSSR count). The van der Waals surface area contributed by atoms with Crippen molar-refractivity contribution in [1.29, 1.82) is 0 Å². The van der Waals surface area contributed by atoms with Crippen LogP contribution >= 0.6 is 0 Å². The number of hydrogen-bond acceptors (Lipinski definition) is 3. The van der Waals surface area contributed by atoms with E-state index in [0.717, 1.165) is 19.5 Å². The number of aliphatic hydroxyl groups is 1. The third-order valence-electron chi connectivity index (χ3n) is 3.26. The van der Waals surface area contributed by atoms with E-state index < -0.39 is 0 Å². The molecule has 1 aliphatic rings. The quantitative estimate of drug-likeness (QED) is 0.694. The summed E-state index contributed by atoms with van der Waals surface area (Å²) in [5.41, 5.74) is 0.493. The van der Waals surface area contributed by atoms with Crippen LogP contribution in [0.1, 0.15) is 33.6 Å². The van der Waals surface area contributed by atoms with Gasteiger partial charge in [-0.25, -0.2) is 0 Å². The zero-order chi connectivity index (χ0) is 11.3. The summed E-state index contributed by atoms with van der Waals surface area (Å²) in [5, 5.41) is 12.5. The number of likely N-dealkylation sites (N-methyl/N-ethyl adjacent to an activating group) is 1. The Morgan fingerprint density at radius 1 is 1.47 bits per heavy atom. The molecule has 0 aromatic rings. The molecule has 0 spiro atoms. The van der Waals surface area contributed by atoms with E-state index in [9.17, 15) is 0 Å². The monoisotopic (exact) mass is 214 g/mol. The van der Waals surface area contributed by atoms with Gasteiger partial charge in [-0.15, -0.1) is 0 Å². The van der Waals surface area contributed by atoms with Gasteiger partial charge >= 0.3 is 0 Å². The fraction of sp³-hybridized carbons (Fsp3) is 1.00. The largest absolute Gasteiger partial charge is 0.395 e. The maximum atomic E-state index is 9.15. The first kappa shape index (κ1) is 12.9. The van der Waals surface area contributed by atoms with Crippen LogP contribution < -0.4 is 5.32 Å². The zero-order valence-corrected chi connectivity index (χ0v) is 10.4. The summed E-state index contributed by atoms with van der Waals surface area (Å²) in [6.07, 6.45) is 2.36. The van der Waals surface area contributed by atoms with E-state index in [1.54, 1.807) is 0 Å². The Morgan fingerprint density at radius 2 is 2.20 bits per heavy atom. The summed E-state index contributed by atoms with van der Waals surface area (Å²) in [4.78, 5) is 2.51. The minimum atomic E-state index is 0.255. The molecule has 0 radical (unpaired) electrons. The highest BCUT2D eigenvalue weighted by Crippen LogP contribution is 2.28. The minimum Gasteiger partial charge on any atom is -0.395 e. The van der Waals surface area contributed by atoms with Gasteiger partial charge in [0.05, 0.1) is 6.61 Å². The van der Waals surface area contributed by atoms with Gasteiger partial charge in [0.2, 0.25) is 0 Å². The first-order chi connectivity index (χ1) is 7.07. The predicted molar refractivity (Wildman–Crippen MR) is 64.0 cm³/mol.